The molecule has 0 radical (unpaired) electrons. The van der Waals surface area contributed by atoms with E-state index in [0.717, 1.165) is 103 Å². The molecule has 0 fully saturated rings. The summed E-state index contributed by atoms with van der Waals surface area (Å²) in [6, 6.07) is 0. The van der Waals surface area contributed by atoms with Gasteiger partial charge in [0.15, 0.2) is 0 Å². The van der Waals surface area contributed by atoms with E-state index in [2.05, 4.69) is 24.1 Å². The third kappa shape index (κ3) is 33.7. The van der Waals surface area contributed by atoms with Crippen molar-refractivity contribution in [3.8, 4) is 0 Å². The van der Waals surface area contributed by atoms with Gasteiger partial charge in [-0.2, -0.15) is 0 Å². The molecule has 0 aliphatic heterocycles. The van der Waals surface area contributed by atoms with Crippen LogP contribution in [-0.2, 0) is 18.9 Å². The van der Waals surface area contributed by atoms with Crippen molar-refractivity contribution >= 4 is 18.4 Å². The number of ether oxygens (including phenoxy) is 4. The molecule has 0 aromatic heterocycles. The second-order valence-corrected chi connectivity index (χ2v) is 14.2. The summed E-state index contributed by atoms with van der Waals surface area (Å²) in [5.41, 5.74) is -0.521. The van der Waals surface area contributed by atoms with Crippen molar-refractivity contribution in [2.45, 2.75) is 188 Å². The maximum absolute atomic E-state index is 12.0. The van der Waals surface area contributed by atoms with Crippen LogP contribution in [0.3, 0.4) is 0 Å². The maximum Gasteiger partial charge on any atom is 0.508 e. The van der Waals surface area contributed by atoms with Crippen LogP contribution < -0.4 is 5.32 Å². The Balaban J connectivity index is 4.40. The number of unbranched alkanes of at least 4 members (excludes halogenated alkanes) is 15. The van der Waals surface area contributed by atoms with Crippen LogP contribution in [0.1, 0.15) is 176 Å². The summed E-state index contributed by atoms with van der Waals surface area (Å²) in [6.45, 7) is 14.0. The smallest absolute Gasteiger partial charge is 0.450 e. The number of amides is 1. The average Bonchev–Trinajstić information content (AvgIpc) is 3.02. The Morgan fingerprint density at radius 1 is 0.625 bits per heavy atom. The highest BCUT2D eigenvalue weighted by Crippen LogP contribution is 2.17. The Morgan fingerprint density at radius 2 is 1.06 bits per heavy atom. The lowest BCUT2D eigenvalue weighted by molar-refractivity contribution is 0.0419. The van der Waals surface area contributed by atoms with E-state index >= 15 is 0 Å². The van der Waals surface area contributed by atoms with Gasteiger partial charge in [0.1, 0.15) is 11.7 Å². The van der Waals surface area contributed by atoms with Crippen molar-refractivity contribution in [2.24, 2.45) is 0 Å². The molecule has 0 rings (SSSR count). The first kappa shape index (κ1) is 45.8. The van der Waals surface area contributed by atoms with Gasteiger partial charge in [0, 0.05) is 6.54 Å². The molecule has 0 aliphatic carbocycles. The normalized spacial score (nSPS) is 12.1. The van der Waals surface area contributed by atoms with Crippen LogP contribution in [0.15, 0.2) is 0 Å². The number of nitrogens with zero attached hydrogens (tertiary/aromatic N) is 1. The molecule has 284 valence electrons. The second-order valence-electron chi connectivity index (χ2n) is 14.2. The van der Waals surface area contributed by atoms with Gasteiger partial charge in [0.2, 0.25) is 0 Å². The van der Waals surface area contributed by atoms with Gasteiger partial charge in [-0.1, -0.05) is 90.9 Å². The van der Waals surface area contributed by atoms with Crippen molar-refractivity contribution in [2.75, 3.05) is 39.4 Å². The average molecular weight is 687 g/mol. The van der Waals surface area contributed by atoms with E-state index in [0.29, 0.717) is 19.8 Å². The lowest BCUT2D eigenvalue weighted by Gasteiger charge is -2.23. The zero-order chi connectivity index (χ0) is 35.7. The first-order valence-corrected chi connectivity index (χ1v) is 19.5. The lowest BCUT2D eigenvalue weighted by atomic mass is 10.0. The van der Waals surface area contributed by atoms with E-state index in [-0.39, 0.29) is 6.10 Å². The van der Waals surface area contributed by atoms with Crippen LogP contribution in [0.5, 0.6) is 0 Å². The molecule has 10 nitrogen and oxygen atoms in total. The van der Waals surface area contributed by atoms with Crippen molar-refractivity contribution in [3.05, 3.63) is 0 Å². The largest absolute Gasteiger partial charge is 0.508 e. The topological polar surface area (TPSA) is 124 Å². The number of hydrogen-bond donors (Lipinski definition) is 2. The standard InChI is InChI=1S/C38H74N2O8/c1-6-8-10-12-14-16-23-32-45-37(44)46-33-24-18-22-30-40(31-25-28-39-35(41)48-38(3,4)5)29-21-17-20-27-34(47-36(42)43)26-19-15-13-11-9-7-2/h34H,6-33H2,1-5H3,(H,39,41)(H,42,43). The fourth-order valence-electron chi connectivity index (χ4n) is 5.61. The number of carboxylic acid groups (broad SMARTS) is 1. The second kappa shape index (κ2) is 32.0. The van der Waals surface area contributed by atoms with Gasteiger partial charge in [-0.15, -0.1) is 0 Å². The van der Waals surface area contributed by atoms with E-state index < -0.39 is 24.0 Å². The van der Waals surface area contributed by atoms with Crippen LogP contribution in [0.25, 0.3) is 0 Å². The molecule has 0 aromatic carbocycles. The van der Waals surface area contributed by atoms with Crippen LogP contribution in [-0.4, -0.2) is 79.5 Å². The molecule has 0 heterocycles. The van der Waals surface area contributed by atoms with Gasteiger partial charge in [-0.3, -0.25) is 0 Å². The van der Waals surface area contributed by atoms with Crippen molar-refractivity contribution < 1.29 is 38.4 Å². The van der Waals surface area contributed by atoms with E-state index in [9.17, 15) is 19.5 Å². The zero-order valence-corrected chi connectivity index (χ0v) is 31.6. The Labute approximate surface area is 293 Å². The van der Waals surface area contributed by atoms with E-state index in [1.807, 2.05) is 20.8 Å². The number of rotatable bonds is 32. The summed E-state index contributed by atoms with van der Waals surface area (Å²) < 4.78 is 21.0. The minimum absolute atomic E-state index is 0.219. The highest BCUT2D eigenvalue weighted by atomic mass is 16.7. The van der Waals surface area contributed by atoms with E-state index in [4.69, 9.17) is 18.9 Å². The third-order valence-corrected chi connectivity index (χ3v) is 8.27. The molecule has 0 aromatic rings. The van der Waals surface area contributed by atoms with Crippen molar-refractivity contribution in [3.63, 3.8) is 0 Å². The zero-order valence-electron chi connectivity index (χ0n) is 31.6. The maximum atomic E-state index is 12.0. The molecule has 0 bridgehead atoms. The van der Waals surface area contributed by atoms with Gasteiger partial charge in [0.25, 0.3) is 0 Å². The minimum atomic E-state index is -1.18. The number of alkyl carbamates (subject to hydrolysis) is 1. The SMILES string of the molecule is CCCCCCCCCOC(=O)OCCCCCN(CCCCCC(CCCCCCCC)OC(=O)O)CCCNC(=O)OC(C)(C)C. The molecule has 10 heteroatoms. The molecule has 0 spiro atoms. The van der Waals surface area contributed by atoms with Crippen LogP contribution in [0.2, 0.25) is 0 Å². The third-order valence-electron chi connectivity index (χ3n) is 8.27. The fraction of sp³-hybridized carbons (Fsp3) is 0.921. The molecule has 1 atom stereocenters. The molecular formula is C38H74N2O8. The summed E-state index contributed by atoms with van der Waals surface area (Å²) >= 11 is 0. The Morgan fingerprint density at radius 3 is 1.56 bits per heavy atom. The predicted octanol–water partition coefficient (Wildman–Crippen LogP) is 10.7. The first-order valence-electron chi connectivity index (χ1n) is 19.5. The fourth-order valence-corrected chi connectivity index (χ4v) is 5.61. The molecule has 1 unspecified atom stereocenters. The Hall–Kier alpha value is -2.23. The molecule has 0 saturated heterocycles. The molecule has 0 saturated carbocycles. The van der Waals surface area contributed by atoms with Crippen molar-refractivity contribution in [1.29, 1.82) is 0 Å². The van der Waals surface area contributed by atoms with Crippen LogP contribution in [0.4, 0.5) is 14.4 Å². The van der Waals surface area contributed by atoms with Gasteiger partial charge in [-0.05, 0) is 105 Å². The molecular weight excluding hydrogens is 612 g/mol. The monoisotopic (exact) mass is 687 g/mol. The van der Waals surface area contributed by atoms with Crippen LogP contribution in [0, 0.1) is 0 Å². The molecule has 48 heavy (non-hydrogen) atoms. The highest BCUT2D eigenvalue weighted by Gasteiger charge is 2.16. The first-order chi connectivity index (χ1) is 23.1. The number of hydrogen-bond acceptors (Lipinski definition) is 8. The summed E-state index contributed by atoms with van der Waals surface area (Å²) in [4.78, 5) is 37.5. The summed E-state index contributed by atoms with van der Waals surface area (Å²) in [5.74, 6) is 0. The minimum Gasteiger partial charge on any atom is -0.450 e. The van der Waals surface area contributed by atoms with Gasteiger partial charge in [0.05, 0.1) is 13.2 Å². The number of carbonyl (C=O) groups excluding carboxylic acids is 2. The van der Waals surface area contributed by atoms with Crippen LogP contribution >= 0.6 is 0 Å². The van der Waals surface area contributed by atoms with E-state index in [1.54, 1.807) is 0 Å². The van der Waals surface area contributed by atoms with Gasteiger partial charge in [-0.25, -0.2) is 14.4 Å². The van der Waals surface area contributed by atoms with E-state index in [1.165, 1.54) is 57.8 Å². The summed E-state index contributed by atoms with van der Waals surface area (Å²) in [5, 5.41) is 12.0. The summed E-state index contributed by atoms with van der Waals surface area (Å²) in [7, 11) is 0. The lowest BCUT2D eigenvalue weighted by Crippen LogP contribution is -2.35. The Bertz CT molecular complexity index is 774. The summed E-state index contributed by atoms with van der Waals surface area (Å²) in [6.07, 6.45) is 21.1. The van der Waals surface area contributed by atoms with Crippen molar-refractivity contribution in [1.82, 2.24) is 10.2 Å². The molecule has 2 N–H and O–H groups in total. The molecule has 1 amide bonds. The Kier molecular flexibility index (Phi) is 30.5. The number of nitrogens with one attached hydrogen (secondary N) is 1. The quantitative estimate of drug-likeness (QED) is 0.0404. The number of carbonyl (C=O) groups is 3. The predicted molar refractivity (Wildman–Crippen MR) is 194 cm³/mol. The highest BCUT2D eigenvalue weighted by molar-refractivity contribution is 5.67. The van der Waals surface area contributed by atoms with Gasteiger partial charge >= 0.3 is 18.4 Å². The van der Waals surface area contributed by atoms with Gasteiger partial charge < -0.3 is 34.3 Å². The molecule has 0 aliphatic rings.